The minimum Gasteiger partial charge on any atom is -0.391 e. The third-order valence-corrected chi connectivity index (χ3v) is 3.66. The van der Waals surface area contributed by atoms with Crippen molar-refractivity contribution in [2.24, 2.45) is 5.41 Å². The van der Waals surface area contributed by atoms with Crippen LogP contribution in [0.1, 0.15) is 26.5 Å². The topological polar surface area (TPSA) is 66.6 Å². The predicted octanol–water partition coefficient (Wildman–Crippen LogP) is 2.52. The van der Waals surface area contributed by atoms with E-state index in [0.717, 1.165) is 5.65 Å². The van der Waals surface area contributed by atoms with E-state index in [1.54, 1.807) is 10.5 Å². The number of imidazole rings is 1. The zero-order valence-electron chi connectivity index (χ0n) is 12.9. The van der Waals surface area contributed by atoms with Gasteiger partial charge in [-0.15, -0.1) is 0 Å². The number of pyridine rings is 1. The van der Waals surface area contributed by atoms with E-state index in [9.17, 15) is 9.90 Å². The van der Waals surface area contributed by atoms with Crippen molar-refractivity contribution >= 4 is 29.2 Å². The smallest absolute Gasteiger partial charge is 0.244 e. The molecule has 2 rings (SSSR count). The Kier molecular flexibility index (Phi) is 4.88. The zero-order chi connectivity index (χ0) is 16.3. The van der Waals surface area contributed by atoms with Gasteiger partial charge in [-0.3, -0.25) is 9.20 Å². The SMILES string of the molecule is CC(C)(C)C(O)CNC(=O)/C=C/c1c(Cl)nc2ccccn12. The number of aliphatic hydroxyl groups excluding tert-OH is 1. The quantitative estimate of drug-likeness (QED) is 0.850. The van der Waals surface area contributed by atoms with Gasteiger partial charge >= 0.3 is 0 Å². The zero-order valence-corrected chi connectivity index (χ0v) is 13.6. The van der Waals surface area contributed by atoms with Crippen molar-refractivity contribution in [1.29, 1.82) is 0 Å². The van der Waals surface area contributed by atoms with Crippen LogP contribution >= 0.6 is 11.6 Å². The summed E-state index contributed by atoms with van der Waals surface area (Å²) in [7, 11) is 0. The Labute approximate surface area is 134 Å². The van der Waals surface area contributed by atoms with E-state index in [2.05, 4.69) is 10.3 Å². The maximum Gasteiger partial charge on any atom is 0.244 e. The first kappa shape index (κ1) is 16.5. The molecule has 1 unspecified atom stereocenters. The van der Waals surface area contributed by atoms with Gasteiger partial charge in [-0.2, -0.15) is 0 Å². The molecule has 0 aliphatic rings. The lowest BCUT2D eigenvalue weighted by molar-refractivity contribution is -0.117. The summed E-state index contributed by atoms with van der Waals surface area (Å²) in [6, 6.07) is 5.57. The number of hydrogen-bond acceptors (Lipinski definition) is 3. The number of nitrogens with zero attached hydrogens (tertiary/aromatic N) is 2. The lowest BCUT2D eigenvalue weighted by Gasteiger charge is -2.25. The van der Waals surface area contributed by atoms with Crippen molar-refractivity contribution in [2.75, 3.05) is 6.54 Å². The van der Waals surface area contributed by atoms with Gasteiger partial charge < -0.3 is 10.4 Å². The molecule has 0 radical (unpaired) electrons. The first-order chi connectivity index (χ1) is 10.3. The third-order valence-electron chi connectivity index (χ3n) is 3.38. The minimum absolute atomic E-state index is 0.202. The van der Waals surface area contributed by atoms with Crippen LogP contribution in [0.2, 0.25) is 5.15 Å². The minimum atomic E-state index is -0.607. The molecule has 0 bridgehead atoms. The van der Waals surface area contributed by atoms with Gasteiger partial charge in [0.05, 0.1) is 11.8 Å². The number of amides is 1. The Bertz CT molecular complexity index is 701. The lowest BCUT2D eigenvalue weighted by atomic mass is 9.89. The Morgan fingerprint density at radius 1 is 1.50 bits per heavy atom. The van der Waals surface area contributed by atoms with Gasteiger partial charge in [0.15, 0.2) is 5.15 Å². The average Bonchev–Trinajstić information content (AvgIpc) is 2.77. The van der Waals surface area contributed by atoms with E-state index in [4.69, 9.17) is 11.6 Å². The molecule has 0 fully saturated rings. The first-order valence-corrected chi connectivity index (χ1v) is 7.43. The van der Waals surface area contributed by atoms with Crippen molar-refractivity contribution < 1.29 is 9.90 Å². The van der Waals surface area contributed by atoms with Crippen molar-refractivity contribution in [3.05, 3.63) is 41.3 Å². The molecule has 0 spiro atoms. The number of carbonyl (C=O) groups excluding carboxylic acids is 1. The van der Waals surface area contributed by atoms with E-state index in [1.807, 2.05) is 45.2 Å². The second-order valence-electron chi connectivity index (χ2n) is 6.18. The molecule has 2 aromatic rings. The molecule has 2 aromatic heterocycles. The van der Waals surface area contributed by atoms with Crippen LogP contribution in [0, 0.1) is 5.41 Å². The van der Waals surface area contributed by atoms with Gasteiger partial charge in [0, 0.05) is 18.8 Å². The molecule has 0 saturated heterocycles. The predicted molar refractivity (Wildman–Crippen MR) is 87.7 cm³/mol. The van der Waals surface area contributed by atoms with Crippen LogP contribution < -0.4 is 5.32 Å². The van der Waals surface area contributed by atoms with E-state index in [-0.39, 0.29) is 17.9 Å². The fraction of sp³-hybridized carbons (Fsp3) is 0.375. The number of hydrogen-bond donors (Lipinski definition) is 2. The summed E-state index contributed by atoms with van der Waals surface area (Å²) in [4.78, 5) is 16.0. The van der Waals surface area contributed by atoms with Gasteiger partial charge in [-0.05, 0) is 23.6 Å². The van der Waals surface area contributed by atoms with Crippen LogP contribution in [0.4, 0.5) is 0 Å². The molecule has 2 heterocycles. The molecule has 1 amide bonds. The molecule has 6 heteroatoms. The molecular weight excluding hydrogens is 302 g/mol. The van der Waals surface area contributed by atoms with Crippen molar-refractivity contribution in [2.45, 2.75) is 26.9 Å². The van der Waals surface area contributed by atoms with Crippen LogP contribution in [0.25, 0.3) is 11.7 Å². The van der Waals surface area contributed by atoms with Crippen molar-refractivity contribution in [3.8, 4) is 0 Å². The fourth-order valence-corrected chi connectivity index (χ4v) is 2.09. The molecule has 1 atom stereocenters. The first-order valence-electron chi connectivity index (χ1n) is 7.05. The molecule has 0 aliphatic carbocycles. The van der Waals surface area contributed by atoms with Crippen molar-refractivity contribution in [1.82, 2.24) is 14.7 Å². The van der Waals surface area contributed by atoms with Crippen LogP contribution in [0.5, 0.6) is 0 Å². The number of fused-ring (bicyclic) bond motifs is 1. The summed E-state index contributed by atoms with van der Waals surface area (Å²) in [5, 5.41) is 12.9. The highest BCUT2D eigenvalue weighted by Gasteiger charge is 2.21. The maximum absolute atomic E-state index is 11.8. The van der Waals surface area contributed by atoms with Crippen LogP contribution in [0.3, 0.4) is 0 Å². The maximum atomic E-state index is 11.8. The second-order valence-corrected chi connectivity index (χ2v) is 6.54. The number of rotatable bonds is 4. The Morgan fingerprint density at radius 2 is 2.23 bits per heavy atom. The summed E-state index contributed by atoms with van der Waals surface area (Å²) in [5.74, 6) is -0.287. The van der Waals surface area contributed by atoms with Gasteiger partial charge in [-0.1, -0.05) is 38.4 Å². The number of aliphatic hydroxyl groups is 1. The summed E-state index contributed by atoms with van der Waals surface area (Å²) in [5.41, 5.74) is 1.08. The summed E-state index contributed by atoms with van der Waals surface area (Å²) in [6.45, 7) is 5.95. The van der Waals surface area contributed by atoms with Crippen LogP contribution in [-0.2, 0) is 4.79 Å². The number of nitrogens with one attached hydrogen (secondary N) is 1. The normalized spacial score (nSPS) is 13.7. The molecule has 2 N–H and O–H groups in total. The molecule has 5 nitrogen and oxygen atoms in total. The van der Waals surface area contributed by atoms with E-state index in [1.165, 1.54) is 6.08 Å². The number of aromatic nitrogens is 2. The monoisotopic (exact) mass is 321 g/mol. The van der Waals surface area contributed by atoms with E-state index in [0.29, 0.717) is 10.8 Å². The molecule has 0 saturated carbocycles. The molecule has 22 heavy (non-hydrogen) atoms. The highest BCUT2D eigenvalue weighted by atomic mass is 35.5. The van der Waals surface area contributed by atoms with E-state index >= 15 is 0 Å². The van der Waals surface area contributed by atoms with Gasteiger partial charge in [0.25, 0.3) is 0 Å². The summed E-state index contributed by atoms with van der Waals surface area (Å²) >= 11 is 6.08. The van der Waals surface area contributed by atoms with Gasteiger partial charge in [0.2, 0.25) is 5.91 Å². The fourth-order valence-electron chi connectivity index (χ4n) is 1.85. The highest BCUT2D eigenvalue weighted by molar-refractivity contribution is 6.31. The number of halogens is 1. The molecule has 0 aromatic carbocycles. The van der Waals surface area contributed by atoms with Gasteiger partial charge in [0.1, 0.15) is 5.65 Å². The summed E-state index contributed by atoms with van der Waals surface area (Å²) < 4.78 is 1.80. The highest BCUT2D eigenvalue weighted by Crippen LogP contribution is 2.19. The van der Waals surface area contributed by atoms with Crippen molar-refractivity contribution in [3.63, 3.8) is 0 Å². The van der Waals surface area contributed by atoms with Gasteiger partial charge in [-0.25, -0.2) is 4.98 Å². The second kappa shape index (κ2) is 6.50. The van der Waals surface area contributed by atoms with Crippen LogP contribution in [-0.4, -0.2) is 33.0 Å². The summed E-state index contributed by atoms with van der Waals surface area (Å²) in [6.07, 6.45) is 4.22. The Hall–Kier alpha value is -1.85. The molecule has 118 valence electrons. The molecule has 0 aliphatic heterocycles. The third kappa shape index (κ3) is 3.87. The standard InChI is InChI=1S/C16H20ClN3O2/c1-16(2,3)12(21)10-18-14(22)8-7-11-15(17)19-13-6-4-5-9-20(11)13/h4-9,12,21H,10H2,1-3H3,(H,18,22)/b8-7+. The average molecular weight is 322 g/mol. The van der Waals surface area contributed by atoms with E-state index < -0.39 is 6.10 Å². The Balaban J connectivity index is 2.05. The lowest BCUT2D eigenvalue weighted by Crippen LogP contribution is -2.38. The molecular formula is C16H20ClN3O2. The Morgan fingerprint density at radius 3 is 2.91 bits per heavy atom. The largest absolute Gasteiger partial charge is 0.391 e. The van der Waals surface area contributed by atoms with Crippen LogP contribution in [0.15, 0.2) is 30.5 Å². The number of carbonyl (C=O) groups is 1.